The molecular weight excluding hydrogens is 451 g/mol. The number of hydrogen-bond acceptors (Lipinski definition) is 2. The molecule has 1 unspecified atom stereocenters. The number of carbonyl (C=O) groups excluding carboxylic acids is 1. The largest absolute Gasteiger partial charge is 0.356 e. The van der Waals surface area contributed by atoms with Gasteiger partial charge in [0.15, 0.2) is 5.96 Å². The summed E-state index contributed by atoms with van der Waals surface area (Å²) in [5.74, 6) is 3.32. The summed E-state index contributed by atoms with van der Waals surface area (Å²) in [4.78, 5) is 19.1. The van der Waals surface area contributed by atoms with E-state index in [-0.39, 0.29) is 24.0 Å². The van der Waals surface area contributed by atoms with Crippen LogP contribution in [0, 0.1) is 17.8 Å². The van der Waals surface area contributed by atoms with Crippen molar-refractivity contribution < 1.29 is 4.79 Å². The van der Waals surface area contributed by atoms with Crippen LogP contribution in [0.25, 0.3) is 0 Å². The molecule has 5 nitrogen and oxygen atoms in total. The van der Waals surface area contributed by atoms with Crippen molar-refractivity contribution in [3.63, 3.8) is 0 Å². The molecule has 156 valence electrons. The zero-order chi connectivity index (χ0) is 18.4. The van der Waals surface area contributed by atoms with Crippen molar-refractivity contribution in [3.8, 4) is 0 Å². The second kappa shape index (κ2) is 11.5. The van der Waals surface area contributed by atoms with Gasteiger partial charge in [-0.15, -0.1) is 24.0 Å². The van der Waals surface area contributed by atoms with Crippen LogP contribution in [0.3, 0.4) is 0 Å². The van der Waals surface area contributed by atoms with E-state index in [1.807, 2.05) is 7.05 Å². The van der Waals surface area contributed by atoms with E-state index in [0.717, 1.165) is 56.7 Å². The van der Waals surface area contributed by atoms with Crippen molar-refractivity contribution in [2.75, 3.05) is 26.7 Å². The molecule has 3 rings (SSSR count). The van der Waals surface area contributed by atoms with E-state index < -0.39 is 0 Å². The van der Waals surface area contributed by atoms with Crippen LogP contribution in [0.2, 0.25) is 0 Å². The maximum absolute atomic E-state index is 12.6. The smallest absolute Gasteiger partial charge is 0.225 e. The van der Waals surface area contributed by atoms with Crippen molar-refractivity contribution in [2.24, 2.45) is 22.7 Å². The third-order valence-corrected chi connectivity index (χ3v) is 6.87. The fourth-order valence-electron chi connectivity index (χ4n) is 4.98. The van der Waals surface area contributed by atoms with Crippen LogP contribution in [0.15, 0.2) is 4.99 Å². The van der Waals surface area contributed by atoms with E-state index in [9.17, 15) is 4.79 Å². The zero-order valence-corrected chi connectivity index (χ0v) is 19.5. The number of hydrogen-bond donors (Lipinski definition) is 2. The molecule has 27 heavy (non-hydrogen) atoms. The van der Waals surface area contributed by atoms with E-state index in [2.05, 4.69) is 27.4 Å². The van der Waals surface area contributed by atoms with Gasteiger partial charge < -0.3 is 15.5 Å². The third kappa shape index (κ3) is 6.50. The van der Waals surface area contributed by atoms with Gasteiger partial charge in [0, 0.05) is 38.6 Å². The first kappa shape index (κ1) is 22.8. The van der Waals surface area contributed by atoms with Gasteiger partial charge in [-0.2, -0.15) is 0 Å². The van der Waals surface area contributed by atoms with Crippen molar-refractivity contribution in [1.82, 2.24) is 15.5 Å². The van der Waals surface area contributed by atoms with Crippen LogP contribution < -0.4 is 10.6 Å². The van der Waals surface area contributed by atoms with Gasteiger partial charge in [0.1, 0.15) is 0 Å². The molecule has 0 bridgehead atoms. The molecule has 0 radical (unpaired) electrons. The Labute approximate surface area is 182 Å². The Kier molecular flexibility index (Phi) is 9.66. The van der Waals surface area contributed by atoms with Gasteiger partial charge in [-0.25, -0.2) is 0 Å². The quantitative estimate of drug-likeness (QED) is 0.351. The number of rotatable bonds is 5. The first-order valence-corrected chi connectivity index (χ1v) is 11.0. The molecule has 3 fully saturated rings. The number of nitrogens with one attached hydrogen (secondary N) is 2. The molecule has 2 saturated carbocycles. The first-order valence-electron chi connectivity index (χ1n) is 11.0. The Bertz CT molecular complexity index is 485. The molecule has 2 N–H and O–H groups in total. The number of aliphatic imine (C=N–C) groups is 1. The van der Waals surface area contributed by atoms with E-state index in [4.69, 9.17) is 0 Å². The molecule has 6 heteroatoms. The number of halogens is 1. The fourth-order valence-corrected chi connectivity index (χ4v) is 4.98. The average Bonchev–Trinajstić information content (AvgIpc) is 3.37. The predicted molar refractivity (Wildman–Crippen MR) is 123 cm³/mol. The molecule has 0 aromatic rings. The Morgan fingerprint density at radius 1 is 1.04 bits per heavy atom. The summed E-state index contributed by atoms with van der Waals surface area (Å²) in [5.41, 5.74) is 0. The summed E-state index contributed by atoms with van der Waals surface area (Å²) in [6.07, 6.45) is 12.5. The number of likely N-dealkylation sites (tertiary alicyclic amines) is 1. The third-order valence-electron chi connectivity index (χ3n) is 6.87. The van der Waals surface area contributed by atoms with Crippen LogP contribution in [-0.2, 0) is 4.79 Å². The molecule has 2 aliphatic carbocycles. The van der Waals surface area contributed by atoms with Crippen molar-refractivity contribution in [1.29, 1.82) is 0 Å². The normalized spacial score (nSPS) is 29.5. The lowest BCUT2D eigenvalue weighted by atomic mass is 9.81. The first-order chi connectivity index (χ1) is 12.7. The Hall–Kier alpha value is -0.530. The molecular formula is C21H39IN4O. The predicted octanol–water partition coefficient (Wildman–Crippen LogP) is 3.78. The van der Waals surface area contributed by atoms with Gasteiger partial charge in [0.05, 0.1) is 0 Å². The highest BCUT2D eigenvalue weighted by atomic mass is 127. The minimum Gasteiger partial charge on any atom is -0.356 e. The van der Waals surface area contributed by atoms with Crippen LogP contribution >= 0.6 is 24.0 Å². The van der Waals surface area contributed by atoms with Crippen molar-refractivity contribution in [3.05, 3.63) is 0 Å². The number of amides is 1. The van der Waals surface area contributed by atoms with Gasteiger partial charge >= 0.3 is 0 Å². The second-order valence-corrected chi connectivity index (χ2v) is 8.64. The number of guanidine groups is 1. The lowest BCUT2D eigenvalue weighted by Gasteiger charge is -2.28. The molecule has 1 amide bonds. The van der Waals surface area contributed by atoms with Crippen LogP contribution in [-0.4, -0.2) is 49.5 Å². The second-order valence-electron chi connectivity index (χ2n) is 8.64. The lowest BCUT2D eigenvalue weighted by Crippen LogP contribution is -2.46. The Morgan fingerprint density at radius 2 is 1.70 bits per heavy atom. The monoisotopic (exact) mass is 490 g/mol. The maximum Gasteiger partial charge on any atom is 0.225 e. The minimum absolute atomic E-state index is 0. The van der Waals surface area contributed by atoms with Crippen molar-refractivity contribution in [2.45, 2.75) is 77.2 Å². The summed E-state index contributed by atoms with van der Waals surface area (Å²) >= 11 is 0. The molecule has 1 saturated heterocycles. The maximum atomic E-state index is 12.6. The van der Waals surface area contributed by atoms with E-state index in [1.165, 1.54) is 44.9 Å². The molecule has 1 atom stereocenters. The molecule has 0 spiro atoms. The highest BCUT2D eigenvalue weighted by Gasteiger charge is 2.32. The van der Waals surface area contributed by atoms with Gasteiger partial charge in [0.25, 0.3) is 0 Å². The van der Waals surface area contributed by atoms with Gasteiger partial charge in [-0.1, -0.05) is 39.0 Å². The minimum atomic E-state index is 0. The SMILES string of the molecule is CCC1CCC(CNC(=NC)NC2CCN(C(=O)C3CCCC3)C2)CC1.I. The van der Waals surface area contributed by atoms with Crippen LogP contribution in [0.1, 0.15) is 71.1 Å². The summed E-state index contributed by atoms with van der Waals surface area (Å²) in [5, 5.41) is 7.08. The molecule has 0 aromatic heterocycles. The molecule has 3 aliphatic rings. The van der Waals surface area contributed by atoms with Gasteiger partial charge in [-0.3, -0.25) is 9.79 Å². The van der Waals surface area contributed by atoms with E-state index in [0.29, 0.717) is 17.9 Å². The highest BCUT2D eigenvalue weighted by molar-refractivity contribution is 14.0. The van der Waals surface area contributed by atoms with Crippen molar-refractivity contribution >= 4 is 35.8 Å². The summed E-state index contributed by atoms with van der Waals surface area (Å²) < 4.78 is 0. The number of nitrogens with zero attached hydrogens (tertiary/aromatic N) is 2. The van der Waals surface area contributed by atoms with Crippen LogP contribution in [0.4, 0.5) is 0 Å². The summed E-state index contributed by atoms with van der Waals surface area (Å²) in [6, 6.07) is 0.336. The highest BCUT2D eigenvalue weighted by Crippen LogP contribution is 2.30. The van der Waals surface area contributed by atoms with E-state index in [1.54, 1.807) is 0 Å². The summed E-state index contributed by atoms with van der Waals surface area (Å²) in [6.45, 7) is 5.06. The zero-order valence-electron chi connectivity index (χ0n) is 17.2. The Balaban J connectivity index is 0.00000261. The molecule has 1 aliphatic heterocycles. The molecule has 1 heterocycles. The lowest BCUT2D eigenvalue weighted by molar-refractivity contribution is -0.134. The standard InChI is InChI=1S/C21H38N4O.HI/c1-3-16-8-10-17(11-9-16)14-23-21(22-2)24-19-12-13-25(15-19)20(26)18-6-4-5-7-18;/h16-19H,3-15H2,1-2H3,(H2,22,23,24);1H. The molecule has 0 aromatic carbocycles. The average molecular weight is 490 g/mol. The number of carbonyl (C=O) groups is 1. The fraction of sp³-hybridized carbons (Fsp3) is 0.905. The van der Waals surface area contributed by atoms with E-state index >= 15 is 0 Å². The van der Waals surface area contributed by atoms with Gasteiger partial charge in [0.2, 0.25) is 5.91 Å². The topological polar surface area (TPSA) is 56.7 Å². The summed E-state index contributed by atoms with van der Waals surface area (Å²) in [7, 11) is 1.85. The Morgan fingerprint density at radius 3 is 2.33 bits per heavy atom. The van der Waals surface area contributed by atoms with Gasteiger partial charge in [-0.05, 0) is 43.9 Å². The van der Waals surface area contributed by atoms with Crippen LogP contribution in [0.5, 0.6) is 0 Å².